The Hall–Kier alpha value is -0.870. The van der Waals surface area contributed by atoms with E-state index in [0.29, 0.717) is 19.2 Å². The van der Waals surface area contributed by atoms with E-state index >= 15 is 0 Å². The molecule has 102 valence electrons. The number of aryl methyl sites for hydroxylation is 1. The van der Waals surface area contributed by atoms with Crippen LogP contribution in [0.4, 0.5) is 0 Å². The Morgan fingerprint density at radius 3 is 2.72 bits per heavy atom. The summed E-state index contributed by atoms with van der Waals surface area (Å²) in [5.74, 6) is -0.207. The lowest BCUT2D eigenvalue weighted by atomic mass is 10.1. The average Bonchev–Trinajstić information content (AvgIpc) is 2.72. The smallest absolute Gasteiger partial charge is 0.309 e. The van der Waals surface area contributed by atoms with E-state index in [1.165, 1.54) is 9.75 Å². The van der Waals surface area contributed by atoms with Crippen LogP contribution in [0.2, 0.25) is 0 Å². The lowest BCUT2D eigenvalue weighted by Gasteiger charge is -2.16. The van der Waals surface area contributed by atoms with Crippen LogP contribution in [0.15, 0.2) is 12.1 Å². The number of hydrogen-bond acceptors (Lipinski definition) is 4. The zero-order valence-electron chi connectivity index (χ0n) is 11.7. The summed E-state index contributed by atoms with van der Waals surface area (Å²) in [5, 5.41) is 3.39. The summed E-state index contributed by atoms with van der Waals surface area (Å²) >= 11 is 1.83. The molecule has 0 amide bonds. The molecular weight excluding hydrogens is 246 g/mol. The fourth-order valence-corrected chi connectivity index (χ4v) is 2.73. The maximum absolute atomic E-state index is 11.5. The van der Waals surface area contributed by atoms with Gasteiger partial charge in [-0.25, -0.2) is 0 Å². The summed E-state index contributed by atoms with van der Waals surface area (Å²) in [6.45, 7) is 9.12. The molecule has 2 unspecified atom stereocenters. The van der Waals surface area contributed by atoms with Gasteiger partial charge in [-0.15, -0.1) is 11.3 Å². The molecule has 4 heteroatoms. The van der Waals surface area contributed by atoms with Crippen LogP contribution in [0.3, 0.4) is 0 Å². The van der Waals surface area contributed by atoms with Crippen molar-refractivity contribution in [2.45, 2.75) is 40.2 Å². The van der Waals surface area contributed by atoms with Gasteiger partial charge in [-0.3, -0.25) is 4.79 Å². The molecule has 1 aromatic rings. The first-order valence-electron chi connectivity index (χ1n) is 6.48. The van der Waals surface area contributed by atoms with E-state index in [2.05, 4.69) is 31.3 Å². The molecule has 1 rings (SSSR count). The van der Waals surface area contributed by atoms with Gasteiger partial charge in [-0.1, -0.05) is 6.92 Å². The largest absolute Gasteiger partial charge is 0.466 e. The monoisotopic (exact) mass is 269 g/mol. The fourth-order valence-electron chi connectivity index (χ4n) is 1.71. The SMILES string of the molecule is CCOC(=O)C(C)CNC(C)Cc1ccc(C)s1. The van der Waals surface area contributed by atoms with E-state index < -0.39 is 0 Å². The van der Waals surface area contributed by atoms with Crippen molar-refractivity contribution in [3.05, 3.63) is 21.9 Å². The zero-order chi connectivity index (χ0) is 13.5. The average molecular weight is 269 g/mol. The van der Waals surface area contributed by atoms with Crippen LogP contribution in [0, 0.1) is 12.8 Å². The number of nitrogens with one attached hydrogen (secondary N) is 1. The second kappa shape index (κ2) is 7.54. The van der Waals surface area contributed by atoms with Crippen molar-refractivity contribution in [2.24, 2.45) is 5.92 Å². The third-order valence-electron chi connectivity index (χ3n) is 2.76. The maximum Gasteiger partial charge on any atom is 0.309 e. The summed E-state index contributed by atoms with van der Waals surface area (Å²) in [5.41, 5.74) is 0. The number of hydrogen-bond donors (Lipinski definition) is 1. The van der Waals surface area contributed by atoms with Gasteiger partial charge in [0.15, 0.2) is 0 Å². The number of thiophene rings is 1. The molecule has 0 aromatic carbocycles. The van der Waals surface area contributed by atoms with Gasteiger partial charge in [-0.2, -0.15) is 0 Å². The molecule has 0 radical (unpaired) electrons. The van der Waals surface area contributed by atoms with E-state index in [-0.39, 0.29) is 11.9 Å². The van der Waals surface area contributed by atoms with Crippen molar-refractivity contribution in [1.29, 1.82) is 0 Å². The van der Waals surface area contributed by atoms with E-state index in [9.17, 15) is 4.79 Å². The Morgan fingerprint density at radius 1 is 1.44 bits per heavy atom. The first-order valence-corrected chi connectivity index (χ1v) is 7.30. The van der Waals surface area contributed by atoms with E-state index in [1.54, 1.807) is 0 Å². The van der Waals surface area contributed by atoms with Crippen molar-refractivity contribution in [3.8, 4) is 0 Å². The maximum atomic E-state index is 11.5. The first kappa shape index (κ1) is 15.2. The molecule has 0 fully saturated rings. The Balaban J connectivity index is 2.28. The highest BCUT2D eigenvalue weighted by molar-refractivity contribution is 7.11. The van der Waals surface area contributed by atoms with Crippen LogP contribution in [-0.2, 0) is 16.0 Å². The number of ether oxygens (including phenoxy) is 1. The standard InChI is InChI=1S/C14H23NO2S/c1-5-17-14(16)10(2)9-15-11(3)8-13-7-6-12(4)18-13/h6-7,10-11,15H,5,8-9H2,1-4H3. The molecule has 1 N–H and O–H groups in total. The molecule has 3 nitrogen and oxygen atoms in total. The normalized spacial score (nSPS) is 14.2. The molecule has 0 spiro atoms. The summed E-state index contributed by atoms with van der Waals surface area (Å²) in [6.07, 6.45) is 1.01. The second-order valence-electron chi connectivity index (χ2n) is 4.68. The van der Waals surface area contributed by atoms with Gasteiger partial charge >= 0.3 is 5.97 Å². The number of carbonyl (C=O) groups excluding carboxylic acids is 1. The minimum atomic E-state index is -0.121. The predicted octanol–water partition coefficient (Wildman–Crippen LogP) is 2.78. The molecule has 0 saturated heterocycles. The summed E-state index contributed by atoms with van der Waals surface area (Å²) in [7, 11) is 0. The van der Waals surface area contributed by atoms with Crippen molar-refractivity contribution >= 4 is 17.3 Å². The van der Waals surface area contributed by atoms with Gasteiger partial charge < -0.3 is 10.1 Å². The minimum absolute atomic E-state index is 0.0857. The van der Waals surface area contributed by atoms with Crippen molar-refractivity contribution in [3.63, 3.8) is 0 Å². The van der Waals surface area contributed by atoms with E-state index in [0.717, 1.165) is 6.42 Å². The molecule has 18 heavy (non-hydrogen) atoms. The Labute approximate surface area is 114 Å². The van der Waals surface area contributed by atoms with Crippen molar-refractivity contribution in [2.75, 3.05) is 13.2 Å². The highest BCUT2D eigenvalue weighted by atomic mass is 32.1. The molecule has 0 aliphatic rings. The molecule has 0 aliphatic heterocycles. The quantitative estimate of drug-likeness (QED) is 0.774. The van der Waals surface area contributed by atoms with E-state index in [4.69, 9.17) is 4.74 Å². The topological polar surface area (TPSA) is 38.3 Å². The van der Waals surface area contributed by atoms with Gasteiger partial charge in [0.05, 0.1) is 12.5 Å². The Kier molecular flexibility index (Phi) is 6.36. The number of esters is 1. The number of carbonyl (C=O) groups is 1. The van der Waals surface area contributed by atoms with Crippen LogP contribution < -0.4 is 5.32 Å². The molecule has 1 aromatic heterocycles. The zero-order valence-corrected chi connectivity index (χ0v) is 12.5. The molecule has 0 bridgehead atoms. The van der Waals surface area contributed by atoms with Gasteiger partial charge in [-0.05, 0) is 39.3 Å². The second-order valence-corrected chi connectivity index (χ2v) is 6.05. The highest BCUT2D eigenvalue weighted by Crippen LogP contribution is 2.16. The van der Waals surface area contributed by atoms with Gasteiger partial charge in [0.1, 0.15) is 0 Å². The summed E-state index contributed by atoms with van der Waals surface area (Å²) in [6, 6.07) is 4.70. The fraction of sp³-hybridized carbons (Fsp3) is 0.643. The van der Waals surface area contributed by atoms with E-state index in [1.807, 2.05) is 25.2 Å². The molecule has 0 aliphatic carbocycles. The Morgan fingerprint density at radius 2 is 2.17 bits per heavy atom. The first-order chi connectivity index (χ1) is 8.52. The minimum Gasteiger partial charge on any atom is -0.466 e. The van der Waals surface area contributed by atoms with Gasteiger partial charge in [0, 0.05) is 22.3 Å². The summed E-state index contributed by atoms with van der Waals surface area (Å²) < 4.78 is 4.98. The van der Waals surface area contributed by atoms with Gasteiger partial charge in [0.25, 0.3) is 0 Å². The van der Waals surface area contributed by atoms with Crippen molar-refractivity contribution < 1.29 is 9.53 Å². The molecule has 0 saturated carbocycles. The molecule has 2 atom stereocenters. The van der Waals surface area contributed by atoms with Crippen molar-refractivity contribution in [1.82, 2.24) is 5.32 Å². The highest BCUT2D eigenvalue weighted by Gasteiger charge is 2.15. The third kappa shape index (κ3) is 5.19. The Bertz CT molecular complexity index is 376. The third-order valence-corrected chi connectivity index (χ3v) is 3.79. The van der Waals surface area contributed by atoms with Crippen LogP contribution in [-0.4, -0.2) is 25.2 Å². The van der Waals surface area contributed by atoms with Crippen LogP contribution in [0.5, 0.6) is 0 Å². The number of rotatable bonds is 7. The van der Waals surface area contributed by atoms with Gasteiger partial charge in [0.2, 0.25) is 0 Å². The van der Waals surface area contributed by atoms with Crippen LogP contribution >= 0.6 is 11.3 Å². The molecular formula is C14H23NO2S. The lowest BCUT2D eigenvalue weighted by Crippen LogP contribution is -2.34. The molecule has 1 heterocycles. The lowest BCUT2D eigenvalue weighted by molar-refractivity contribution is -0.147. The van der Waals surface area contributed by atoms with Crippen LogP contribution in [0.1, 0.15) is 30.5 Å². The summed E-state index contributed by atoms with van der Waals surface area (Å²) in [4.78, 5) is 14.2. The predicted molar refractivity (Wildman–Crippen MR) is 76.0 cm³/mol. The van der Waals surface area contributed by atoms with Crippen LogP contribution in [0.25, 0.3) is 0 Å².